The van der Waals surface area contributed by atoms with Crippen LogP contribution in [-0.2, 0) is 27.8 Å². The van der Waals surface area contributed by atoms with Gasteiger partial charge in [0.2, 0.25) is 20.3 Å². The third-order valence-electron chi connectivity index (χ3n) is 6.06. The number of nitrogens with zero attached hydrogens (tertiary/aromatic N) is 6. The molecule has 0 aromatic carbocycles. The quantitative estimate of drug-likeness (QED) is 0.0148. The van der Waals surface area contributed by atoms with Crippen molar-refractivity contribution in [3.8, 4) is 6.07 Å². The number of aliphatic imine (C=N–C) groups is 2. The summed E-state index contributed by atoms with van der Waals surface area (Å²) in [5.41, 5.74) is 4.78. The molecule has 0 aliphatic carbocycles. The minimum Gasteiger partial charge on any atom is -0.453 e. The highest BCUT2D eigenvalue weighted by molar-refractivity contribution is 7.44. The van der Waals surface area contributed by atoms with E-state index in [2.05, 4.69) is 143 Å². The highest BCUT2D eigenvalue weighted by Gasteiger charge is 2.26. The van der Waals surface area contributed by atoms with Crippen LogP contribution in [0.3, 0.4) is 0 Å². The molecule has 19 nitrogen and oxygen atoms in total. The molecule has 0 aliphatic rings. The van der Waals surface area contributed by atoms with Gasteiger partial charge in [-0.05, 0) is 75.3 Å². The number of carbonyl (C=O) groups excluding carboxylic acids is 1. The molecule has 0 bridgehead atoms. The largest absolute Gasteiger partial charge is 0.453 e. The summed E-state index contributed by atoms with van der Waals surface area (Å²) in [5.74, 6) is -0.412. The number of hydrogen-bond acceptors (Lipinski definition) is 18. The minimum atomic E-state index is -1.25. The van der Waals surface area contributed by atoms with Crippen molar-refractivity contribution >= 4 is 49.0 Å². The molecule has 0 heterocycles. The number of nitrogens with one attached hydrogen (secondary N) is 1. The van der Waals surface area contributed by atoms with Gasteiger partial charge in [0.1, 0.15) is 13.3 Å². The first-order valence-corrected chi connectivity index (χ1v) is 24.2. The Morgan fingerprint density at radius 1 is 0.783 bits per heavy atom. The molecule has 25 heteroatoms. The fraction of sp³-hybridized carbons (Fsp3) is 0.886. The highest BCUT2D eigenvalue weighted by atomic mass is 35.5. The minimum absolute atomic E-state index is 0. The number of ketones is 1. The summed E-state index contributed by atoms with van der Waals surface area (Å²) >= 11 is 0. The molecule has 69 heavy (non-hydrogen) atoms. The van der Waals surface area contributed by atoms with Gasteiger partial charge in [-0.1, -0.05) is 41.5 Å². The van der Waals surface area contributed by atoms with Gasteiger partial charge in [-0.2, -0.15) is 5.26 Å². The second kappa shape index (κ2) is 82.9. The van der Waals surface area contributed by atoms with Gasteiger partial charge in [-0.3, -0.25) is 19.7 Å². The van der Waals surface area contributed by atoms with Crippen LogP contribution in [0.5, 0.6) is 0 Å². The van der Waals surface area contributed by atoms with E-state index in [4.69, 9.17) is 52.1 Å². The molecular weight excluding hydrogens is 971 g/mol. The number of alkyl halides is 3. The lowest BCUT2D eigenvalue weighted by Gasteiger charge is -2.35. The Morgan fingerprint density at radius 3 is 1.39 bits per heavy atom. The van der Waals surface area contributed by atoms with Crippen LogP contribution in [0.25, 0.3) is 4.85 Å². The van der Waals surface area contributed by atoms with E-state index in [9.17, 15) is 18.0 Å². The van der Waals surface area contributed by atoms with Crippen molar-refractivity contribution in [1.29, 1.82) is 5.26 Å². The van der Waals surface area contributed by atoms with Crippen LogP contribution in [-0.4, -0.2) is 196 Å². The Bertz CT molecular complexity index is 1020. The summed E-state index contributed by atoms with van der Waals surface area (Å²) < 4.78 is 60.0. The summed E-state index contributed by atoms with van der Waals surface area (Å²) in [4.78, 5) is 22.2. The highest BCUT2D eigenvalue weighted by Crippen LogP contribution is 2.45. The smallest absolute Gasteiger partial charge is 0.259 e. The van der Waals surface area contributed by atoms with Gasteiger partial charge in [0.05, 0.1) is 65.2 Å². The Hall–Kier alpha value is -1.95. The van der Waals surface area contributed by atoms with Crippen molar-refractivity contribution in [2.75, 3.05) is 106 Å². The predicted molar refractivity (Wildman–Crippen MR) is 284 cm³/mol. The maximum Gasteiger partial charge on any atom is 0.259 e. The zero-order chi connectivity index (χ0) is 55.0. The first-order valence-electron chi connectivity index (χ1n) is 22.6. The molecule has 0 fully saturated rings. The van der Waals surface area contributed by atoms with Crippen LogP contribution in [0.2, 0.25) is 0 Å². The molecule has 8 N–H and O–H groups in total. The second-order valence-corrected chi connectivity index (χ2v) is 16.2. The standard InChI is InChI=1S/C13H25FN3O3P.C8H19N.C6H15N.C4H8FNO2.C3H5FO.C3H6NOP.C3H8O.C2H7NO.C2H6O2.ClH/c1-12(2)17(13(3)4)21(19-8-5-6-15)20-9-7-16-11-18-10-14;1-6-9(7(2)3)8(4)5;1-5(2)7-6(3)4;5-3-8-4-6-1-2-7;1-3(5)2-4;1-4-2-3-5-6;1-2-3-4;2*3-1-2-4;/h11-13H,5,7-10H2,1-4H3;7-8H,6H2,1-5H3;5-7H,1-4H3;4,7H,1-3H2;2H2,1H3;2-3,6H2;4H,2-3H2,1H3;4H,1-3H2;3-4H,1-2H2;1H. The molecule has 0 saturated heterocycles. The Balaban J connectivity index is -0.0000000768. The Kier molecular flexibility index (Phi) is 108. The lowest BCUT2D eigenvalue weighted by Crippen LogP contribution is -2.36. The van der Waals surface area contributed by atoms with Crippen molar-refractivity contribution < 1.29 is 66.5 Å². The monoisotopic (exact) mass is 1070 g/mol. The van der Waals surface area contributed by atoms with Crippen molar-refractivity contribution in [1.82, 2.24) is 14.9 Å². The van der Waals surface area contributed by atoms with Gasteiger partial charge in [0.25, 0.3) is 8.53 Å². The normalized spacial score (nSPS) is 10.4. The van der Waals surface area contributed by atoms with Gasteiger partial charge < -0.3 is 64.5 Å². The van der Waals surface area contributed by atoms with E-state index in [1.54, 1.807) is 0 Å². The van der Waals surface area contributed by atoms with E-state index < -0.39 is 34.7 Å². The number of ether oxygens (including phenoxy) is 2. The van der Waals surface area contributed by atoms with Gasteiger partial charge in [-0.25, -0.2) is 24.4 Å². The number of nitriles is 1. The third kappa shape index (κ3) is 108. The van der Waals surface area contributed by atoms with Crippen LogP contribution < -0.4 is 11.1 Å². The molecule has 2 atom stereocenters. The zero-order valence-electron chi connectivity index (χ0n) is 44.9. The predicted octanol–water partition coefficient (Wildman–Crippen LogP) is 6.70. The molecule has 0 aromatic rings. The number of nitrogens with two attached hydrogens (primary N) is 1. The van der Waals surface area contributed by atoms with Crippen molar-refractivity contribution in [3.63, 3.8) is 0 Å². The summed E-state index contributed by atoms with van der Waals surface area (Å²) in [6.07, 6.45) is 3.26. The molecular formula is C44H100ClF3N8O11P2. The third-order valence-corrected chi connectivity index (χ3v) is 8.40. The van der Waals surface area contributed by atoms with Crippen LogP contribution in [0.15, 0.2) is 9.98 Å². The molecule has 0 amide bonds. The molecule has 0 spiro atoms. The Morgan fingerprint density at radius 2 is 1.19 bits per heavy atom. The number of carbonyl (C=O) groups is 1. The number of rotatable bonds is 27. The first kappa shape index (κ1) is 89.9. The van der Waals surface area contributed by atoms with Crippen LogP contribution in [0.1, 0.15) is 117 Å². The van der Waals surface area contributed by atoms with Gasteiger partial charge in [0, 0.05) is 58.9 Å². The summed E-state index contributed by atoms with van der Waals surface area (Å²) in [6, 6.07) is 5.20. The summed E-state index contributed by atoms with van der Waals surface area (Å²) in [6.45, 7) is 38.8. The topological polar surface area (TPSA) is 262 Å². The van der Waals surface area contributed by atoms with E-state index >= 15 is 0 Å². The summed E-state index contributed by atoms with van der Waals surface area (Å²) in [7, 11) is 0.840. The number of Topliss-reactive ketones (excluding diaryl/α,β-unsaturated/α-hetero) is 1. The molecule has 0 aliphatic heterocycles. The van der Waals surface area contributed by atoms with Crippen molar-refractivity contribution in [2.24, 2.45) is 15.7 Å². The average molecular weight is 1070 g/mol. The van der Waals surface area contributed by atoms with Crippen molar-refractivity contribution in [3.05, 3.63) is 11.4 Å². The lowest BCUT2D eigenvalue weighted by atomic mass is 10.2. The van der Waals surface area contributed by atoms with E-state index in [1.807, 2.05) is 13.0 Å². The fourth-order valence-electron chi connectivity index (χ4n) is 3.90. The van der Waals surface area contributed by atoms with Crippen LogP contribution in [0, 0.1) is 17.9 Å². The van der Waals surface area contributed by atoms with Gasteiger partial charge in [0.15, 0.2) is 18.6 Å². The van der Waals surface area contributed by atoms with E-state index in [1.165, 1.54) is 6.92 Å². The number of aliphatic hydroxyl groups is 5. The summed E-state index contributed by atoms with van der Waals surface area (Å²) in [5, 5.41) is 50.9. The lowest BCUT2D eigenvalue weighted by molar-refractivity contribution is -0.117. The molecule has 2 unspecified atom stereocenters. The SMILES string of the molecule is CC(=O)CF.CC(C)N(C(C)C)P(OCCC#N)OCCN=COCF.CC(C)NC(C)C.CCCO.CCN(C(C)C)C(C)C.Cl.NCCO.OCCN=COCF.OCCO.[C-]#[N+]CCOP. The van der Waals surface area contributed by atoms with E-state index in [0.29, 0.717) is 76.6 Å². The van der Waals surface area contributed by atoms with Gasteiger partial charge in [-0.15, -0.1) is 12.4 Å². The maximum absolute atomic E-state index is 11.7. The average Bonchev–Trinajstić information content (AvgIpc) is 3.28. The van der Waals surface area contributed by atoms with E-state index in [0.717, 1.165) is 25.8 Å². The number of aliphatic hydroxyl groups excluding tert-OH is 5. The first-order chi connectivity index (χ1) is 32.1. The molecule has 0 rings (SSSR count). The van der Waals surface area contributed by atoms with Gasteiger partial charge >= 0.3 is 0 Å². The second-order valence-electron chi connectivity index (χ2n) is 14.4. The van der Waals surface area contributed by atoms with Crippen LogP contribution >= 0.6 is 30.4 Å². The number of hydrogen-bond donors (Lipinski definition) is 7. The molecule has 420 valence electrons. The number of halogens is 4. The van der Waals surface area contributed by atoms with Crippen molar-refractivity contribution in [2.45, 2.75) is 153 Å². The Labute approximate surface area is 426 Å². The molecule has 0 aromatic heterocycles. The molecule has 0 radical (unpaired) electrons. The maximum atomic E-state index is 11.7. The van der Waals surface area contributed by atoms with E-state index in [-0.39, 0.29) is 57.5 Å². The van der Waals surface area contributed by atoms with Crippen LogP contribution in [0.4, 0.5) is 13.2 Å². The zero-order valence-corrected chi connectivity index (χ0v) is 47.7. The molecule has 0 saturated carbocycles. The fourth-order valence-corrected chi connectivity index (χ4v) is 5.59.